The molecule has 1 aliphatic rings. The number of hydrogen-bond donors (Lipinski definition) is 2. The summed E-state index contributed by atoms with van der Waals surface area (Å²) in [6.45, 7) is 9.15. The lowest BCUT2D eigenvalue weighted by Crippen LogP contribution is -2.35. The van der Waals surface area contributed by atoms with Gasteiger partial charge in [0.2, 0.25) is 0 Å². The number of aliphatic hydroxyl groups excluding tert-OH is 2. The Labute approximate surface area is 164 Å². The molecule has 0 spiro atoms. The van der Waals surface area contributed by atoms with Gasteiger partial charge < -0.3 is 19.8 Å². The van der Waals surface area contributed by atoms with Crippen LogP contribution in [-0.4, -0.2) is 61.9 Å². The fourth-order valence-corrected chi connectivity index (χ4v) is 3.11. The maximum Gasteiger partial charge on any atom is 0.352 e. The predicted molar refractivity (Wildman–Crippen MR) is 104 cm³/mol. The number of aliphatic imine (C=N–C) groups is 1. The Hall–Kier alpha value is -1.84. The molecule has 0 aliphatic carbocycles. The second-order valence-electron chi connectivity index (χ2n) is 7.17. The van der Waals surface area contributed by atoms with E-state index in [1.165, 1.54) is 0 Å². The van der Waals surface area contributed by atoms with Crippen LogP contribution in [0.3, 0.4) is 0 Å². The fraction of sp³-hybridized carbons (Fsp3) is 0.737. The minimum Gasteiger partial charge on any atom is -0.388 e. The van der Waals surface area contributed by atoms with E-state index in [-0.39, 0.29) is 5.82 Å². The van der Waals surface area contributed by atoms with Crippen LogP contribution in [0.5, 0.6) is 0 Å². The first kappa shape index (κ1) is 22.4. The Morgan fingerprint density at radius 2 is 1.89 bits per heavy atom. The van der Waals surface area contributed by atoms with Crippen molar-refractivity contribution in [2.24, 2.45) is 4.99 Å². The quantitative estimate of drug-likeness (QED) is 0.513. The maximum atomic E-state index is 14.6. The number of aliphatic hydroxyl groups is 2. The van der Waals surface area contributed by atoms with Crippen LogP contribution in [0.2, 0.25) is 0 Å². The topological polar surface area (TPSA) is 100 Å². The molecule has 1 fully saturated rings. The minimum atomic E-state index is -1.34. The first-order valence-corrected chi connectivity index (χ1v) is 9.90. The second kappa shape index (κ2) is 10.1. The van der Waals surface area contributed by atoms with Gasteiger partial charge in [-0.1, -0.05) is 26.7 Å². The molecule has 8 nitrogen and oxygen atoms in total. The van der Waals surface area contributed by atoms with Gasteiger partial charge in [0.05, 0.1) is 12.3 Å². The monoisotopic (exact) mass is 398 g/mol. The second-order valence-corrected chi connectivity index (χ2v) is 7.17. The van der Waals surface area contributed by atoms with Gasteiger partial charge in [-0.25, -0.2) is 14.2 Å². The average Bonchev–Trinajstić information content (AvgIpc) is 2.91. The highest BCUT2D eigenvalue weighted by molar-refractivity contribution is 5.82. The lowest BCUT2D eigenvalue weighted by atomic mass is 10.1. The largest absolute Gasteiger partial charge is 0.388 e. The number of amidine groups is 1. The average molecular weight is 398 g/mol. The summed E-state index contributed by atoms with van der Waals surface area (Å²) in [6, 6.07) is 0. The van der Waals surface area contributed by atoms with Crippen LogP contribution in [0.25, 0.3) is 0 Å². The van der Waals surface area contributed by atoms with Crippen LogP contribution in [0, 0.1) is 5.82 Å². The Morgan fingerprint density at radius 1 is 1.29 bits per heavy atom. The van der Waals surface area contributed by atoms with Crippen molar-refractivity contribution in [3.05, 3.63) is 22.5 Å². The van der Waals surface area contributed by atoms with E-state index in [1.807, 2.05) is 0 Å². The SMILES string of the molecule is CCCCN(CCCC)C(C)=Nc1nc(=O)n([C@@H]2O[C@H](C)[C@@H](O)[C@H]2O)cc1F. The summed E-state index contributed by atoms with van der Waals surface area (Å²) in [5, 5.41) is 19.8. The van der Waals surface area contributed by atoms with E-state index in [4.69, 9.17) is 4.74 Å². The van der Waals surface area contributed by atoms with Gasteiger partial charge in [0.1, 0.15) is 18.0 Å². The molecule has 0 amide bonds. The molecule has 0 radical (unpaired) electrons. The van der Waals surface area contributed by atoms with Crippen molar-refractivity contribution in [3.8, 4) is 0 Å². The molecule has 0 bridgehead atoms. The summed E-state index contributed by atoms with van der Waals surface area (Å²) in [5.74, 6) is -0.487. The van der Waals surface area contributed by atoms with Crippen LogP contribution in [0.4, 0.5) is 10.2 Å². The van der Waals surface area contributed by atoms with Crippen molar-refractivity contribution in [2.75, 3.05) is 13.1 Å². The molecule has 9 heteroatoms. The van der Waals surface area contributed by atoms with E-state index >= 15 is 0 Å². The molecule has 0 saturated carbocycles. The summed E-state index contributed by atoms with van der Waals surface area (Å²) in [4.78, 5) is 22.4. The number of halogens is 1. The summed E-state index contributed by atoms with van der Waals surface area (Å²) in [7, 11) is 0. The number of unbranched alkanes of at least 4 members (excludes halogenated alkanes) is 2. The molecule has 0 unspecified atom stereocenters. The van der Waals surface area contributed by atoms with E-state index in [9.17, 15) is 19.4 Å². The van der Waals surface area contributed by atoms with Crippen LogP contribution in [0.1, 0.15) is 59.6 Å². The summed E-state index contributed by atoms with van der Waals surface area (Å²) in [5.41, 5.74) is -0.799. The minimum absolute atomic E-state index is 0.294. The Kier molecular flexibility index (Phi) is 8.09. The molecule has 1 aromatic rings. The van der Waals surface area contributed by atoms with Gasteiger partial charge in [0.15, 0.2) is 17.9 Å². The first-order valence-electron chi connectivity index (χ1n) is 9.90. The molecule has 2 N–H and O–H groups in total. The highest BCUT2D eigenvalue weighted by atomic mass is 19.1. The summed E-state index contributed by atoms with van der Waals surface area (Å²) in [6.07, 6.45) is 0.595. The van der Waals surface area contributed by atoms with Gasteiger partial charge in [-0.2, -0.15) is 4.98 Å². The smallest absolute Gasteiger partial charge is 0.352 e. The number of hydrogen-bond acceptors (Lipinski definition) is 6. The first-order chi connectivity index (χ1) is 13.3. The maximum absolute atomic E-state index is 14.6. The van der Waals surface area contributed by atoms with E-state index in [2.05, 4.69) is 28.7 Å². The molecule has 1 aliphatic heterocycles. The number of aromatic nitrogens is 2. The highest BCUT2D eigenvalue weighted by Crippen LogP contribution is 2.28. The van der Waals surface area contributed by atoms with Gasteiger partial charge in [-0.3, -0.25) is 4.57 Å². The van der Waals surface area contributed by atoms with Crippen LogP contribution < -0.4 is 5.69 Å². The van der Waals surface area contributed by atoms with Gasteiger partial charge >= 0.3 is 5.69 Å². The third kappa shape index (κ3) is 5.15. The molecule has 2 heterocycles. The molecular formula is C19H31FN4O4. The molecule has 0 aromatic carbocycles. The van der Waals surface area contributed by atoms with Crippen molar-refractivity contribution < 1.29 is 19.3 Å². The van der Waals surface area contributed by atoms with Crippen molar-refractivity contribution in [1.29, 1.82) is 0 Å². The van der Waals surface area contributed by atoms with Crippen molar-refractivity contribution in [3.63, 3.8) is 0 Å². The fourth-order valence-electron chi connectivity index (χ4n) is 3.11. The standard InChI is InChI=1S/C19H31FN4O4/c1-5-7-9-23(10-8-6-2)13(4)21-17-14(20)11-24(19(27)22-17)18-16(26)15(25)12(3)28-18/h11-12,15-16,18,25-26H,5-10H2,1-4H3/t12-,15-,16-,18-/m1/s1. The van der Waals surface area contributed by atoms with Gasteiger partial charge in [0, 0.05) is 13.1 Å². The zero-order valence-electron chi connectivity index (χ0n) is 17.0. The number of ether oxygens (including phenoxy) is 1. The Balaban J connectivity index is 2.28. The molecule has 1 saturated heterocycles. The zero-order chi connectivity index (χ0) is 20.8. The predicted octanol–water partition coefficient (Wildman–Crippen LogP) is 1.97. The third-order valence-corrected chi connectivity index (χ3v) is 4.93. The third-order valence-electron chi connectivity index (χ3n) is 4.93. The van der Waals surface area contributed by atoms with Crippen molar-refractivity contribution in [1.82, 2.24) is 14.5 Å². The van der Waals surface area contributed by atoms with Crippen LogP contribution in [-0.2, 0) is 4.74 Å². The molecule has 2 rings (SSSR count). The summed E-state index contributed by atoms with van der Waals surface area (Å²) >= 11 is 0. The number of rotatable bonds is 8. The van der Waals surface area contributed by atoms with Gasteiger partial charge in [-0.15, -0.1) is 0 Å². The molecular weight excluding hydrogens is 367 g/mol. The Morgan fingerprint density at radius 3 is 2.39 bits per heavy atom. The Bertz CT molecular complexity index is 731. The van der Waals surface area contributed by atoms with E-state index in [0.29, 0.717) is 5.84 Å². The summed E-state index contributed by atoms with van der Waals surface area (Å²) < 4.78 is 20.8. The van der Waals surface area contributed by atoms with Crippen molar-refractivity contribution in [2.45, 2.75) is 77.9 Å². The van der Waals surface area contributed by atoms with E-state index in [0.717, 1.165) is 49.5 Å². The molecule has 1 aromatic heterocycles. The van der Waals surface area contributed by atoms with E-state index in [1.54, 1.807) is 13.8 Å². The number of nitrogens with zero attached hydrogens (tertiary/aromatic N) is 4. The zero-order valence-corrected chi connectivity index (χ0v) is 17.0. The van der Waals surface area contributed by atoms with Crippen LogP contribution >= 0.6 is 0 Å². The lowest BCUT2D eigenvalue weighted by Gasteiger charge is -2.24. The normalized spacial score (nSPS) is 25.3. The molecule has 4 atom stereocenters. The lowest BCUT2D eigenvalue weighted by molar-refractivity contribution is -0.0355. The van der Waals surface area contributed by atoms with E-state index < -0.39 is 36.0 Å². The van der Waals surface area contributed by atoms with Crippen LogP contribution in [0.15, 0.2) is 16.0 Å². The molecule has 158 valence electrons. The van der Waals surface area contributed by atoms with Crippen molar-refractivity contribution >= 4 is 11.7 Å². The highest BCUT2D eigenvalue weighted by Gasteiger charge is 2.42. The molecule has 28 heavy (non-hydrogen) atoms. The van der Waals surface area contributed by atoms with Gasteiger partial charge in [0.25, 0.3) is 0 Å². The van der Waals surface area contributed by atoms with Gasteiger partial charge in [-0.05, 0) is 26.7 Å².